The second kappa shape index (κ2) is 9.67. The summed E-state index contributed by atoms with van der Waals surface area (Å²) in [5.41, 5.74) is 2.45. The highest BCUT2D eigenvalue weighted by atomic mass is 32.1. The van der Waals surface area contributed by atoms with E-state index >= 15 is 0 Å². The van der Waals surface area contributed by atoms with Crippen LogP contribution in [-0.4, -0.2) is 42.5 Å². The molecule has 0 saturated heterocycles. The van der Waals surface area contributed by atoms with E-state index in [1.807, 2.05) is 18.2 Å². The van der Waals surface area contributed by atoms with E-state index in [0.29, 0.717) is 23.5 Å². The molecule has 0 saturated carbocycles. The third-order valence-corrected chi connectivity index (χ3v) is 5.68. The summed E-state index contributed by atoms with van der Waals surface area (Å²) in [6.07, 6.45) is 0.669. The number of nitrogens with zero attached hydrogens (tertiary/aromatic N) is 1. The molecule has 0 atom stereocenters. The van der Waals surface area contributed by atoms with Crippen molar-refractivity contribution in [3.05, 3.63) is 51.9 Å². The van der Waals surface area contributed by atoms with Gasteiger partial charge in [-0.1, -0.05) is 30.3 Å². The van der Waals surface area contributed by atoms with Gasteiger partial charge in [0.2, 0.25) is 0 Å². The average molecular weight is 416 g/mol. The molecule has 1 aliphatic rings. The van der Waals surface area contributed by atoms with Gasteiger partial charge >= 0.3 is 17.8 Å². The standard InChI is InChI=1S/C21H24N2O5S/c1-3-27-20(25)17-15-10-11-23(12-14-8-6-5-7-9-14)13-16(15)29-19(17)22-18(24)21(26)28-4-2/h5-9H,3-4,10-13H2,1-2H3,(H,22,24). The van der Waals surface area contributed by atoms with Crippen LogP contribution in [0.3, 0.4) is 0 Å². The van der Waals surface area contributed by atoms with E-state index in [9.17, 15) is 14.4 Å². The molecule has 1 amide bonds. The molecular formula is C21H24N2O5S. The molecule has 2 aromatic rings. The molecule has 1 N–H and O–H groups in total. The van der Waals surface area contributed by atoms with Gasteiger partial charge in [-0.2, -0.15) is 0 Å². The largest absolute Gasteiger partial charge is 0.462 e. The molecule has 154 valence electrons. The molecule has 0 radical (unpaired) electrons. The lowest BCUT2D eigenvalue weighted by molar-refractivity contribution is -0.152. The number of ether oxygens (including phenoxy) is 2. The molecule has 1 aromatic carbocycles. The summed E-state index contributed by atoms with van der Waals surface area (Å²) in [5, 5.41) is 2.88. The van der Waals surface area contributed by atoms with Gasteiger partial charge in [0, 0.05) is 24.5 Å². The van der Waals surface area contributed by atoms with Gasteiger partial charge in [-0.25, -0.2) is 9.59 Å². The molecule has 1 aromatic heterocycles. The van der Waals surface area contributed by atoms with Crippen molar-refractivity contribution in [2.24, 2.45) is 0 Å². The van der Waals surface area contributed by atoms with Gasteiger partial charge in [0.15, 0.2) is 0 Å². The monoisotopic (exact) mass is 416 g/mol. The molecule has 0 bridgehead atoms. The molecule has 0 unspecified atom stereocenters. The third kappa shape index (κ3) is 5.02. The van der Waals surface area contributed by atoms with Gasteiger partial charge in [0.05, 0.1) is 18.8 Å². The Morgan fingerprint density at radius 1 is 1.10 bits per heavy atom. The van der Waals surface area contributed by atoms with Crippen LogP contribution in [0.4, 0.5) is 5.00 Å². The fourth-order valence-corrected chi connectivity index (χ4v) is 4.56. The van der Waals surface area contributed by atoms with Crippen molar-refractivity contribution in [2.45, 2.75) is 33.4 Å². The summed E-state index contributed by atoms with van der Waals surface area (Å²) in [5.74, 6) is -2.35. The topological polar surface area (TPSA) is 84.9 Å². The first-order valence-electron chi connectivity index (χ1n) is 9.59. The van der Waals surface area contributed by atoms with Gasteiger partial charge < -0.3 is 14.8 Å². The van der Waals surface area contributed by atoms with E-state index in [4.69, 9.17) is 9.47 Å². The van der Waals surface area contributed by atoms with Crippen LogP contribution in [-0.2, 0) is 38.6 Å². The maximum atomic E-state index is 12.6. The maximum absolute atomic E-state index is 12.6. The molecule has 0 aliphatic carbocycles. The zero-order valence-corrected chi connectivity index (χ0v) is 17.3. The zero-order valence-electron chi connectivity index (χ0n) is 16.5. The lowest BCUT2D eigenvalue weighted by Crippen LogP contribution is -2.30. The average Bonchev–Trinajstić information content (AvgIpc) is 3.06. The smallest absolute Gasteiger partial charge is 0.397 e. The number of amides is 1. The van der Waals surface area contributed by atoms with Crippen LogP contribution in [0.25, 0.3) is 0 Å². The fraction of sp³-hybridized carbons (Fsp3) is 0.381. The molecule has 7 nitrogen and oxygen atoms in total. The Labute approximate surface area is 173 Å². The predicted molar refractivity (Wildman–Crippen MR) is 110 cm³/mol. The second-order valence-electron chi connectivity index (χ2n) is 6.55. The van der Waals surface area contributed by atoms with Crippen LogP contribution in [0.2, 0.25) is 0 Å². The Morgan fingerprint density at radius 2 is 1.83 bits per heavy atom. The number of hydrogen-bond acceptors (Lipinski definition) is 7. The lowest BCUT2D eigenvalue weighted by Gasteiger charge is -2.27. The van der Waals surface area contributed by atoms with Crippen LogP contribution in [0.15, 0.2) is 30.3 Å². The molecular weight excluding hydrogens is 392 g/mol. The number of anilines is 1. The van der Waals surface area contributed by atoms with Crippen molar-refractivity contribution in [3.8, 4) is 0 Å². The predicted octanol–water partition coefficient (Wildman–Crippen LogP) is 2.98. The van der Waals surface area contributed by atoms with Crippen molar-refractivity contribution in [2.75, 3.05) is 25.1 Å². The molecule has 0 spiro atoms. The Morgan fingerprint density at radius 3 is 2.52 bits per heavy atom. The number of carbonyl (C=O) groups is 3. The number of nitrogens with one attached hydrogen (secondary N) is 1. The molecule has 29 heavy (non-hydrogen) atoms. The lowest BCUT2D eigenvalue weighted by atomic mass is 10.0. The van der Waals surface area contributed by atoms with E-state index in [-0.39, 0.29) is 13.2 Å². The summed E-state index contributed by atoms with van der Waals surface area (Å²) in [4.78, 5) is 39.6. The second-order valence-corrected chi connectivity index (χ2v) is 7.65. The quantitative estimate of drug-likeness (QED) is 0.576. The summed E-state index contributed by atoms with van der Waals surface area (Å²) >= 11 is 1.31. The Bertz CT molecular complexity index is 894. The van der Waals surface area contributed by atoms with Gasteiger partial charge in [0.1, 0.15) is 5.00 Å². The zero-order chi connectivity index (χ0) is 20.8. The Kier molecular flexibility index (Phi) is 7.00. The van der Waals surface area contributed by atoms with E-state index in [1.54, 1.807) is 13.8 Å². The van der Waals surface area contributed by atoms with E-state index in [0.717, 1.165) is 23.5 Å². The van der Waals surface area contributed by atoms with Gasteiger partial charge in [-0.05, 0) is 31.4 Å². The summed E-state index contributed by atoms with van der Waals surface area (Å²) in [6, 6.07) is 10.2. The van der Waals surface area contributed by atoms with E-state index in [1.165, 1.54) is 16.9 Å². The third-order valence-electron chi connectivity index (χ3n) is 4.55. The highest BCUT2D eigenvalue weighted by Crippen LogP contribution is 2.38. The number of hydrogen-bond donors (Lipinski definition) is 1. The number of carbonyl (C=O) groups excluding carboxylic acids is 3. The molecule has 8 heteroatoms. The van der Waals surface area contributed by atoms with Gasteiger partial charge in [-0.3, -0.25) is 9.69 Å². The minimum Gasteiger partial charge on any atom is -0.462 e. The van der Waals surface area contributed by atoms with Crippen LogP contribution in [0.1, 0.15) is 40.2 Å². The molecule has 1 aliphatic heterocycles. The maximum Gasteiger partial charge on any atom is 0.397 e. The van der Waals surface area contributed by atoms with Gasteiger partial charge in [0.25, 0.3) is 0 Å². The van der Waals surface area contributed by atoms with Crippen molar-refractivity contribution < 1.29 is 23.9 Å². The van der Waals surface area contributed by atoms with E-state index in [2.05, 4.69) is 22.3 Å². The fourth-order valence-electron chi connectivity index (χ4n) is 3.29. The Hall–Kier alpha value is -2.71. The first-order valence-corrected chi connectivity index (χ1v) is 10.4. The minimum absolute atomic E-state index is 0.104. The number of thiophene rings is 1. The van der Waals surface area contributed by atoms with Crippen molar-refractivity contribution >= 4 is 34.2 Å². The van der Waals surface area contributed by atoms with Crippen molar-refractivity contribution in [1.82, 2.24) is 4.90 Å². The summed E-state index contributed by atoms with van der Waals surface area (Å²) < 4.78 is 9.93. The highest BCUT2D eigenvalue weighted by molar-refractivity contribution is 7.17. The van der Waals surface area contributed by atoms with Crippen LogP contribution >= 0.6 is 11.3 Å². The van der Waals surface area contributed by atoms with Gasteiger partial charge in [-0.15, -0.1) is 11.3 Å². The molecule has 3 rings (SSSR count). The highest BCUT2D eigenvalue weighted by Gasteiger charge is 2.30. The summed E-state index contributed by atoms with van der Waals surface area (Å²) in [7, 11) is 0. The number of benzene rings is 1. The first-order chi connectivity index (χ1) is 14.0. The number of fused-ring (bicyclic) bond motifs is 1. The molecule has 0 fully saturated rings. The minimum atomic E-state index is -0.973. The van der Waals surface area contributed by atoms with Crippen molar-refractivity contribution in [3.63, 3.8) is 0 Å². The van der Waals surface area contributed by atoms with Crippen LogP contribution < -0.4 is 5.32 Å². The molecule has 2 heterocycles. The number of rotatable bonds is 6. The normalized spacial score (nSPS) is 13.4. The number of esters is 2. The van der Waals surface area contributed by atoms with Crippen LogP contribution in [0, 0.1) is 0 Å². The SMILES string of the molecule is CCOC(=O)C(=O)Nc1sc2c(c1C(=O)OCC)CCN(Cc1ccccc1)C2. The van der Waals surface area contributed by atoms with E-state index < -0.39 is 17.8 Å². The van der Waals surface area contributed by atoms with Crippen molar-refractivity contribution in [1.29, 1.82) is 0 Å². The Balaban J connectivity index is 1.83. The first kappa shape index (κ1) is 21.0. The van der Waals surface area contributed by atoms with Crippen LogP contribution in [0.5, 0.6) is 0 Å². The summed E-state index contributed by atoms with van der Waals surface area (Å²) in [6.45, 7) is 5.95.